The Morgan fingerprint density at radius 2 is 2.21 bits per heavy atom. The fourth-order valence-corrected chi connectivity index (χ4v) is 1.72. The van der Waals surface area contributed by atoms with Gasteiger partial charge in [-0.15, -0.1) is 0 Å². The largest absolute Gasteiger partial charge is 0.389 e. The normalized spacial score (nSPS) is 10.7. The fraction of sp³-hybridized carbons (Fsp3) is 0.100. The van der Waals surface area contributed by atoms with Crippen LogP contribution in [0.15, 0.2) is 24.4 Å². The molecule has 2 rings (SSSR count). The van der Waals surface area contributed by atoms with Crippen LogP contribution in [-0.2, 0) is 7.05 Å². The number of nitrogens with zero attached hydrogens (tertiary/aromatic N) is 1. The van der Waals surface area contributed by atoms with Crippen LogP contribution in [0, 0.1) is 5.82 Å². The first-order valence-electron chi connectivity index (χ1n) is 4.14. The maximum atomic E-state index is 13.0. The lowest BCUT2D eigenvalue weighted by Gasteiger charge is -1.95. The van der Waals surface area contributed by atoms with E-state index in [9.17, 15) is 4.39 Å². The highest BCUT2D eigenvalue weighted by Crippen LogP contribution is 2.21. The van der Waals surface area contributed by atoms with Gasteiger partial charge in [-0.2, -0.15) is 0 Å². The van der Waals surface area contributed by atoms with Crippen molar-refractivity contribution in [1.82, 2.24) is 4.57 Å². The Morgan fingerprint density at radius 3 is 2.86 bits per heavy atom. The molecule has 2 N–H and O–H groups in total. The van der Waals surface area contributed by atoms with Gasteiger partial charge in [-0.25, -0.2) is 4.39 Å². The Bertz CT molecular complexity index is 516. The van der Waals surface area contributed by atoms with Crippen LogP contribution >= 0.6 is 12.2 Å². The molecule has 0 radical (unpaired) electrons. The maximum Gasteiger partial charge on any atom is 0.123 e. The van der Waals surface area contributed by atoms with Gasteiger partial charge in [-0.3, -0.25) is 0 Å². The number of aromatic nitrogens is 1. The topological polar surface area (TPSA) is 30.9 Å². The maximum absolute atomic E-state index is 13.0. The van der Waals surface area contributed by atoms with Crippen LogP contribution in [0.3, 0.4) is 0 Å². The third kappa shape index (κ3) is 1.28. The van der Waals surface area contributed by atoms with Crippen LogP contribution in [-0.4, -0.2) is 9.56 Å². The second kappa shape index (κ2) is 3.06. The molecule has 1 heterocycles. The van der Waals surface area contributed by atoms with E-state index in [1.165, 1.54) is 12.1 Å². The van der Waals surface area contributed by atoms with E-state index in [1.54, 1.807) is 6.07 Å². The Morgan fingerprint density at radius 1 is 1.50 bits per heavy atom. The Balaban J connectivity index is 2.85. The molecule has 2 aromatic rings. The summed E-state index contributed by atoms with van der Waals surface area (Å²) in [5.74, 6) is -0.277. The lowest BCUT2D eigenvalue weighted by Crippen LogP contribution is -2.08. The molecule has 0 atom stereocenters. The predicted molar refractivity (Wildman–Crippen MR) is 58.8 cm³/mol. The van der Waals surface area contributed by atoms with Gasteiger partial charge in [0.05, 0.1) is 0 Å². The zero-order valence-electron chi connectivity index (χ0n) is 7.62. The third-order valence-electron chi connectivity index (χ3n) is 2.22. The quantitative estimate of drug-likeness (QED) is 0.726. The van der Waals surface area contributed by atoms with Crippen molar-refractivity contribution in [3.63, 3.8) is 0 Å². The lowest BCUT2D eigenvalue weighted by molar-refractivity contribution is 0.629. The van der Waals surface area contributed by atoms with Gasteiger partial charge in [-0.1, -0.05) is 12.2 Å². The van der Waals surface area contributed by atoms with E-state index in [0.29, 0.717) is 4.99 Å². The van der Waals surface area contributed by atoms with Gasteiger partial charge in [0.25, 0.3) is 0 Å². The summed E-state index contributed by atoms with van der Waals surface area (Å²) < 4.78 is 14.9. The highest BCUT2D eigenvalue weighted by molar-refractivity contribution is 7.80. The van der Waals surface area contributed by atoms with Crippen LogP contribution in [0.2, 0.25) is 0 Å². The minimum Gasteiger partial charge on any atom is -0.389 e. The van der Waals surface area contributed by atoms with E-state index in [1.807, 2.05) is 17.8 Å². The smallest absolute Gasteiger partial charge is 0.123 e. The molecule has 1 aromatic carbocycles. The standard InChI is InChI=1S/C10H9FN2S/c1-13-5-8(10(12)14)7-4-6(11)2-3-9(7)13/h2-5H,1H3,(H2,12,14). The molecule has 72 valence electrons. The Hall–Kier alpha value is -1.42. The zero-order chi connectivity index (χ0) is 10.3. The first-order chi connectivity index (χ1) is 6.59. The third-order valence-corrected chi connectivity index (χ3v) is 2.44. The molecule has 0 saturated carbocycles. The molecule has 0 amide bonds. The van der Waals surface area contributed by atoms with E-state index in [-0.39, 0.29) is 5.82 Å². The summed E-state index contributed by atoms with van der Waals surface area (Å²) in [6.45, 7) is 0. The number of aryl methyl sites for hydroxylation is 1. The number of halogens is 1. The minimum absolute atomic E-state index is 0.277. The van der Waals surface area contributed by atoms with Gasteiger partial charge in [-0.05, 0) is 18.2 Å². The summed E-state index contributed by atoms with van der Waals surface area (Å²) in [5, 5.41) is 0.764. The van der Waals surface area contributed by atoms with Crippen LogP contribution in [0.25, 0.3) is 10.9 Å². The summed E-state index contributed by atoms with van der Waals surface area (Å²) in [4.78, 5) is 0.293. The molecular weight excluding hydrogens is 199 g/mol. The molecule has 0 spiro atoms. The predicted octanol–water partition coefficient (Wildman–Crippen LogP) is 1.95. The van der Waals surface area contributed by atoms with E-state index < -0.39 is 0 Å². The van der Waals surface area contributed by atoms with Crippen molar-refractivity contribution in [2.75, 3.05) is 0 Å². The van der Waals surface area contributed by atoms with E-state index >= 15 is 0 Å². The van der Waals surface area contributed by atoms with Crippen LogP contribution in [0.4, 0.5) is 4.39 Å². The molecule has 0 bridgehead atoms. The Kier molecular flexibility index (Phi) is 2.00. The highest BCUT2D eigenvalue weighted by Gasteiger charge is 2.08. The molecule has 2 nitrogen and oxygen atoms in total. The van der Waals surface area contributed by atoms with Gasteiger partial charge in [0.1, 0.15) is 10.8 Å². The van der Waals surface area contributed by atoms with Crippen molar-refractivity contribution < 1.29 is 4.39 Å². The molecule has 0 aliphatic rings. The SMILES string of the molecule is Cn1cc(C(N)=S)c2cc(F)ccc21. The average Bonchev–Trinajstić information content (AvgIpc) is 2.43. The second-order valence-electron chi connectivity index (χ2n) is 3.18. The number of benzene rings is 1. The minimum atomic E-state index is -0.277. The van der Waals surface area contributed by atoms with Gasteiger partial charge < -0.3 is 10.3 Å². The number of hydrogen-bond donors (Lipinski definition) is 1. The van der Waals surface area contributed by atoms with Gasteiger partial charge in [0.2, 0.25) is 0 Å². The molecule has 4 heteroatoms. The number of hydrogen-bond acceptors (Lipinski definition) is 1. The first kappa shape index (κ1) is 9.15. The molecule has 0 unspecified atom stereocenters. The number of thiocarbonyl (C=S) groups is 1. The summed E-state index contributed by atoms with van der Waals surface area (Å²) in [7, 11) is 1.88. The monoisotopic (exact) mass is 208 g/mol. The van der Waals surface area contributed by atoms with Gasteiger partial charge in [0, 0.05) is 29.7 Å². The van der Waals surface area contributed by atoms with Crippen molar-refractivity contribution in [3.8, 4) is 0 Å². The van der Waals surface area contributed by atoms with Crippen molar-refractivity contribution >= 4 is 28.1 Å². The highest BCUT2D eigenvalue weighted by atomic mass is 32.1. The lowest BCUT2D eigenvalue weighted by atomic mass is 10.2. The van der Waals surface area contributed by atoms with Crippen molar-refractivity contribution in [1.29, 1.82) is 0 Å². The number of nitrogens with two attached hydrogens (primary N) is 1. The second-order valence-corrected chi connectivity index (χ2v) is 3.62. The summed E-state index contributed by atoms with van der Waals surface area (Å²) >= 11 is 4.89. The van der Waals surface area contributed by atoms with Gasteiger partial charge in [0.15, 0.2) is 0 Å². The molecule has 0 fully saturated rings. The molecule has 0 aliphatic heterocycles. The van der Waals surface area contributed by atoms with Crippen LogP contribution < -0.4 is 5.73 Å². The summed E-state index contributed by atoms with van der Waals surface area (Å²) in [6.07, 6.45) is 1.81. The van der Waals surface area contributed by atoms with E-state index in [4.69, 9.17) is 18.0 Å². The number of fused-ring (bicyclic) bond motifs is 1. The summed E-state index contributed by atoms with van der Waals surface area (Å²) in [5.41, 5.74) is 7.18. The van der Waals surface area contributed by atoms with Gasteiger partial charge >= 0.3 is 0 Å². The van der Waals surface area contributed by atoms with E-state index in [2.05, 4.69) is 0 Å². The van der Waals surface area contributed by atoms with E-state index in [0.717, 1.165) is 16.5 Å². The molecule has 0 saturated heterocycles. The zero-order valence-corrected chi connectivity index (χ0v) is 8.44. The summed E-state index contributed by atoms with van der Waals surface area (Å²) in [6, 6.07) is 4.59. The molecule has 1 aromatic heterocycles. The van der Waals surface area contributed by atoms with Crippen molar-refractivity contribution in [2.45, 2.75) is 0 Å². The van der Waals surface area contributed by atoms with Crippen LogP contribution in [0.1, 0.15) is 5.56 Å². The van der Waals surface area contributed by atoms with Crippen LogP contribution in [0.5, 0.6) is 0 Å². The Labute approximate surface area is 86.1 Å². The number of rotatable bonds is 1. The fourth-order valence-electron chi connectivity index (χ4n) is 1.56. The van der Waals surface area contributed by atoms with Crippen molar-refractivity contribution in [2.24, 2.45) is 12.8 Å². The first-order valence-corrected chi connectivity index (χ1v) is 4.55. The molecule has 14 heavy (non-hydrogen) atoms. The molecule has 0 aliphatic carbocycles. The molecular formula is C10H9FN2S. The average molecular weight is 208 g/mol. The van der Waals surface area contributed by atoms with Crippen molar-refractivity contribution in [3.05, 3.63) is 35.8 Å².